The first-order valence-corrected chi connectivity index (χ1v) is 5.19. The Morgan fingerprint density at radius 2 is 1.19 bits per heavy atom. The van der Waals surface area contributed by atoms with E-state index in [1.54, 1.807) is 0 Å². The maximum absolute atomic E-state index is 11.1. The minimum atomic E-state index is -1.83. The van der Waals surface area contributed by atoms with Crippen LogP contribution in [0.15, 0.2) is 12.3 Å². The van der Waals surface area contributed by atoms with E-state index >= 15 is 0 Å². The van der Waals surface area contributed by atoms with E-state index in [9.17, 15) is 19.2 Å². The van der Waals surface area contributed by atoms with Gasteiger partial charge in [0, 0.05) is 6.08 Å². The summed E-state index contributed by atoms with van der Waals surface area (Å²) in [5, 5.41) is 44.1. The molecule has 0 rings (SSSR count). The van der Waals surface area contributed by atoms with Gasteiger partial charge in [0.25, 0.3) is 0 Å². The van der Waals surface area contributed by atoms with Gasteiger partial charge in [-0.15, -0.1) is 0 Å². The van der Waals surface area contributed by atoms with Gasteiger partial charge in [0.15, 0.2) is 19.6 Å². The van der Waals surface area contributed by atoms with Gasteiger partial charge < -0.3 is 31.7 Å². The lowest BCUT2D eigenvalue weighted by Gasteiger charge is -2.37. The highest BCUT2D eigenvalue weighted by Gasteiger charge is 2.46. The zero-order valence-electron chi connectivity index (χ0n) is 10.9. The van der Waals surface area contributed by atoms with Gasteiger partial charge >= 0.3 is 23.9 Å². The van der Waals surface area contributed by atoms with Gasteiger partial charge in [-0.25, -0.2) is 19.2 Å². The molecular formula is C10H17N2O9+. The predicted molar refractivity (Wildman–Crippen MR) is 66.0 cm³/mol. The van der Waals surface area contributed by atoms with E-state index in [1.807, 2.05) is 0 Å². The molecule has 0 fully saturated rings. The number of nitrogens with zero attached hydrogens (tertiary/aromatic N) is 1. The number of aliphatic hydroxyl groups excluding tert-OH is 1. The van der Waals surface area contributed by atoms with E-state index in [4.69, 9.17) is 25.5 Å². The average Bonchev–Trinajstić information content (AvgIpc) is 2.21. The van der Waals surface area contributed by atoms with Gasteiger partial charge in [0.1, 0.15) is 0 Å². The van der Waals surface area contributed by atoms with Crippen LogP contribution < -0.4 is 6.15 Å². The molecule has 8 N–H and O–H groups in total. The summed E-state index contributed by atoms with van der Waals surface area (Å²) in [7, 11) is 0. The molecule has 0 bridgehead atoms. The second-order valence-corrected chi connectivity index (χ2v) is 4.00. The first-order chi connectivity index (χ1) is 9.14. The van der Waals surface area contributed by atoms with Crippen LogP contribution in [0.4, 0.5) is 0 Å². The Hall–Kier alpha value is -2.66. The van der Waals surface area contributed by atoms with Crippen LogP contribution in [0, 0.1) is 0 Å². The molecule has 11 nitrogen and oxygen atoms in total. The van der Waals surface area contributed by atoms with Gasteiger partial charge in [0.05, 0.1) is 6.26 Å². The molecule has 0 aromatic rings. The minimum absolute atomic E-state index is 0. The Balaban J connectivity index is 0. The van der Waals surface area contributed by atoms with E-state index in [0.29, 0.717) is 12.3 Å². The Labute approximate surface area is 118 Å². The van der Waals surface area contributed by atoms with Crippen LogP contribution in [0.1, 0.15) is 0 Å². The molecule has 21 heavy (non-hydrogen) atoms. The van der Waals surface area contributed by atoms with Crippen LogP contribution in [0.2, 0.25) is 0 Å². The molecule has 120 valence electrons. The van der Waals surface area contributed by atoms with Crippen molar-refractivity contribution < 1.29 is 49.2 Å². The Morgan fingerprint density at radius 3 is 1.38 bits per heavy atom. The van der Waals surface area contributed by atoms with Crippen LogP contribution in [0.3, 0.4) is 0 Å². The molecule has 0 saturated heterocycles. The van der Waals surface area contributed by atoms with Gasteiger partial charge in [0.2, 0.25) is 6.04 Å². The van der Waals surface area contributed by atoms with Crippen molar-refractivity contribution >= 4 is 23.9 Å². The van der Waals surface area contributed by atoms with E-state index < -0.39 is 54.0 Å². The highest BCUT2D eigenvalue weighted by Crippen LogP contribution is 2.16. The first kappa shape index (κ1) is 20.7. The summed E-state index contributed by atoms with van der Waals surface area (Å²) in [4.78, 5) is 43.6. The molecule has 0 amide bonds. The molecule has 0 aliphatic heterocycles. The van der Waals surface area contributed by atoms with Crippen molar-refractivity contribution in [1.29, 1.82) is 0 Å². The first-order valence-electron chi connectivity index (χ1n) is 5.19. The molecule has 0 aromatic carbocycles. The Bertz CT molecular complexity index is 405. The molecule has 11 heteroatoms. The molecule has 0 heterocycles. The van der Waals surface area contributed by atoms with Crippen molar-refractivity contribution in [3.05, 3.63) is 12.3 Å². The number of aliphatic carboxylic acids is 4. The van der Waals surface area contributed by atoms with Crippen LogP contribution in [0.25, 0.3) is 0 Å². The van der Waals surface area contributed by atoms with Crippen LogP contribution in [-0.4, -0.2) is 79.6 Å². The van der Waals surface area contributed by atoms with Crippen molar-refractivity contribution in [2.45, 2.75) is 6.04 Å². The largest absolute Gasteiger partial charge is 0.516 e. The summed E-state index contributed by atoms with van der Waals surface area (Å²) in [6.07, 6.45) is 0.939. The number of carbonyl (C=O) groups is 4. The Morgan fingerprint density at radius 1 is 0.857 bits per heavy atom. The fourth-order valence-electron chi connectivity index (χ4n) is 1.85. The maximum atomic E-state index is 11.1. The third kappa shape index (κ3) is 6.35. The number of carboxylic acid groups (broad SMARTS) is 4. The lowest BCUT2D eigenvalue weighted by Crippen LogP contribution is -2.64. The summed E-state index contributed by atoms with van der Waals surface area (Å²) in [6.45, 7) is -3.13. The molecule has 0 saturated carbocycles. The number of rotatable bonds is 9. The Kier molecular flexibility index (Phi) is 8.36. The van der Waals surface area contributed by atoms with E-state index in [2.05, 4.69) is 0 Å². The summed E-state index contributed by atoms with van der Waals surface area (Å²) in [5.74, 6) is -6.35. The van der Waals surface area contributed by atoms with Gasteiger partial charge in [-0.2, -0.15) is 0 Å². The van der Waals surface area contributed by atoms with Crippen molar-refractivity contribution in [3.63, 3.8) is 0 Å². The van der Waals surface area contributed by atoms with Crippen molar-refractivity contribution in [3.8, 4) is 0 Å². The van der Waals surface area contributed by atoms with Crippen molar-refractivity contribution in [2.24, 2.45) is 0 Å². The van der Waals surface area contributed by atoms with E-state index in [-0.39, 0.29) is 6.15 Å². The normalized spacial score (nSPS) is 12.4. The number of hydrogen-bond donors (Lipinski definition) is 6. The van der Waals surface area contributed by atoms with Crippen LogP contribution >= 0.6 is 0 Å². The standard InChI is InChI=1S/C10H13NO9.H3N/c12-2-1-6(10(19)20)11(3-7(13)14,4-8(15)16)5-9(17)18;/h1-2,6H,3-5H2,(H4-,12,13,14,15,16,17,18,19,20);1H3/p+1. The van der Waals surface area contributed by atoms with E-state index in [0.717, 1.165) is 0 Å². The molecular weight excluding hydrogens is 292 g/mol. The maximum Gasteiger partial charge on any atom is 0.367 e. The monoisotopic (exact) mass is 309 g/mol. The van der Waals surface area contributed by atoms with Gasteiger partial charge in [-0.3, -0.25) is 4.48 Å². The molecule has 0 radical (unpaired) electrons. The SMILES string of the molecule is N.O=C(O)C[N+](CC(=O)O)(CC(=O)O)C(C=CO)C(=O)O. The summed E-state index contributed by atoms with van der Waals surface area (Å²) in [6, 6.07) is -1.83. The third-order valence-electron chi connectivity index (χ3n) is 2.46. The topological polar surface area (TPSA) is 204 Å². The lowest BCUT2D eigenvalue weighted by molar-refractivity contribution is -0.917. The third-order valence-corrected chi connectivity index (χ3v) is 2.46. The average molecular weight is 309 g/mol. The highest BCUT2D eigenvalue weighted by atomic mass is 16.4. The number of quaternary nitrogens is 1. The quantitative estimate of drug-likeness (QED) is 0.220. The molecule has 1 unspecified atom stereocenters. The number of hydrogen-bond acceptors (Lipinski definition) is 6. The fraction of sp³-hybridized carbons (Fsp3) is 0.400. The fourth-order valence-corrected chi connectivity index (χ4v) is 1.85. The van der Waals surface area contributed by atoms with Gasteiger partial charge in [-0.1, -0.05) is 0 Å². The summed E-state index contributed by atoms with van der Waals surface area (Å²) in [5.41, 5.74) is 0. The van der Waals surface area contributed by atoms with Crippen LogP contribution in [0.5, 0.6) is 0 Å². The minimum Gasteiger partial charge on any atom is -0.516 e. The zero-order valence-corrected chi connectivity index (χ0v) is 10.9. The van der Waals surface area contributed by atoms with Crippen molar-refractivity contribution in [2.75, 3.05) is 19.6 Å². The molecule has 0 aromatic heterocycles. The van der Waals surface area contributed by atoms with Crippen molar-refractivity contribution in [1.82, 2.24) is 6.15 Å². The molecule has 0 aliphatic carbocycles. The van der Waals surface area contributed by atoms with Crippen LogP contribution in [-0.2, 0) is 19.2 Å². The summed E-state index contributed by atoms with van der Waals surface area (Å²) < 4.78 is -1.30. The van der Waals surface area contributed by atoms with Gasteiger partial charge in [-0.05, 0) is 0 Å². The molecule has 0 spiro atoms. The number of aliphatic hydroxyl groups is 1. The highest BCUT2D eigenvalue weighted by molar-refractivity contribution is 5.78. The predicted octanol–water partition coefficient (Wildman–Crippen LogP) is -1.26. The van der Waals surface area contributed by atoms with E-state index in [1.165, 1.54) is 0 Å². The molecule has 0 aliphatic rings. The molecule has 1 atom stereocenters. The second-order valence-electron chi connectivity index (χ2n) is 4.00. The second kappa shape index (κ2) is 8.50. The number of carboxylic acids is 4. The smallest absolute Gasteiger partial charge is 0.367 e. The zero-order chi connectivity index (χ0) is 15.9. The lowest BCUT2D eigenvalue weighted by atomic mass is 10.1. The summed E-state index contributed by atoms with van der Waals surface area (Å²) >= 11 is 0.